The standard InChI is InChI=1S/C45H36N3O.C14H16NSi.Ir/c1-26(2)37-24-30(29-14-7-6-8-15-29)25-38(27(3)4)42(37)48-40-21-12-11-20-39(40)47-45(48)36-19-13-18-34-35-23-22-33-32-17-10-9-16-31(32)28(5)46-41(33)44(35)49-43(34)36;1-16(2,3)13-9-10-14(15-11-13)12-7-5-4-6-8-12;/h6-18,20-27H,1-5H3;4-7,9-11H,1-3H3;/q2*-1;. The average molecular weight is 1050 g/mol. The molecule has 5 nitrogen and oxygen atoms in total. The number of aryl methyl sites for hydroxylation is 1. The Morgan fingerprint density at radius 1 is 0.591 bits per heavy atom. The SMILES string of the molecule is C[Si](C)(C)c1ccc(-c2[c-]cccc2)nc1.Cc1nc2c(ccc3c4cc[c-]c(-c5nc6ccccc6n5-c5c(C(C)C)cc(-c6ccccc6)cc5C(C)C)c4oc32)c2ccccc12.[Ir]. The number of aromatic nitrogens is 4. The van der Waals surface area contributed by atoms with Crippen molar-refractivity contribution in [2.24, 2.45) is 0 Å². The fraction of sp³-hybridized carbons (Fsp3) is 0.169. The van der Waals surface area contributed by atoms with E-state index in [1.54, 1.807) is 0 Å². The van der Waals surface area contributed by atoms with Crippen LogP contribution in [0.25, 0.3) is 94.1 Å². The molecule has 1 radical (unpaired) electrons. The molecule has 11 aromatic rings. The van der Waals surface area contributed by atoms with Gasteiger partial charge in [0.1, 0.15) is 11.1 Å². The Bertz CT molecular complexity index is 3500. The molecule has 7 aromatic carbocycles. The van der Waals surface area contributed by atoms with E-state index in [0.29, 0.717) is 0 Å². The summed E-state index contributed by atoms with van der Waals surface area (Å²) in [6.07, 6.45) is 2.02. The van der Waals surface area contributed by atoms with Crippen molar-refractivity contribution in [3.63, 3.8) is 0 Å². The molecule has 0 aliphatic heterocycles. The Hall–Kier alpha value is -6.50. The van der Waals surface area contributed by atoms with E-state index in [0.717, 1.165) is 77.6 Å². The maximum Gasteiger partial charge on any atom is 0.147 e. The normalized spacial score (nSPS) is 11.8. The topological polar surface area (TPSA) is 56.7 Å². The third-order valence-corrected chi connectivity index (χ3v) is 14.6. The predicted molar refractivity (Wildman–Crippen MR) is 275 cm³/mol. The van der Waals surface area contributed by atoms with Crippen molar-refractivity contribution < 1.29 is 24.5 Å². The van der Waals surface area contributed by atoms with Crippen molar-refractivity contribution in [3.05, 3.63) is 187 Å². The summed E-state index contributed by atoms with van der Waals surface area (Å²) in [5.41, 5.74) is 14.5. The molecule has 0 saturated carbocycles. The summed E-state index contributed by atoms with van der Waals surface area (Å²) in [4.78, 5) is 15.0. The molecule has 66 heavy (non-hydrogen) atoms. The summed E-state index contributed by atoms with van der Waals surface area (Å²) in [6.45, 7) is 18.2. The third-order valence-electron chi connectivity index (χ3n) is 12.6. The quantitative estimate of drug-likeness (QED) is 0.0907. The van der Waals surface area contributed by atoms with Gasteiger partial charge in [-0.3, -0.25) is 4.98 Å². The van der Waals surface area contributed by atoms with Gasteiger partial charge in [-0.1, -0.05) is 149 Å². The van der Waals surface area contributed by atoms with Crippen LogP contribution in [0, 0.1) is 19.1 Å². The first kappa shape index (κ1) is 44.7. The molecule has 0 amide bonds. The molecule has 0 bridgehead atoms. The molecule has 4 aromatic heterocycles. The molecule has 11 rings (SSSR count). The molecule has 0 N–H and O–H groups in total. The van der Waals surface area contributed by atoms with Gasteiger partial charge in [0.2, 0.25) is 0 Å². The third kappa shape index (κ3) is 8.10. The Kier molecular flexibility index (Phi) is 12.2. The maximum absolute atomic E-state index is 6.93. The molecule has 0 spiro atoms. The van der Waals surface area contributed by atoms with Gasteiger partial charge in [-0.25, -0.2) is 4.98 Å². The van der Waals surface area contributed by atoms with Crippen LogP contribution in [0.3, 0.4) is 0 Å². The zero-order valence-corrected chi connectivity index (χ0v) is 42.1. The van der Waals surface area contributed by atoms with E-state index in [4.69, 9.17) is 14.4 Å². The Morgan fingerprint density at radius 3 is 1.94 bits per heavy atom. The monoisotopic (exact) mass is 1050 g/mol. The Balaban J connectivity index is 0.000000273. The van der Waals surface area contributed by atoms with Gasteiger partial charge in [0.15, 0.2) is 0 Å². The van der Waals surface area contributed by atoms with E-state index < -0.39 is 8.07 Å². The van der Waals surface area contributed by atoms with E-state index in [9.17, 15) is 0 Å². The summed E-state index contributed by atoms with van der Waals surface area (Å²) in [5.74, 6) is 1.36. The number of furan rings is 1. The number of imidazole rings is 1. The van der Waals surface area contributed by atoms with Crippen LogP contribution >= 0.6 is 0 Å². The second-order valence-corrected chi connectivity index (χ2v) is 23.8. The van der Waals surface area contributed by atoms with Gasteiger partial charge in [0.05, 0.1) is 30.5 Å². The van der Waals surface area contributed by atoms with Gasteiger partial charge in [-0.15, -0.1) is 54.1 Å². The van der Waals surface area contributed by atoms with Crippen LogP contribution in [0.5, 0.6) is 0 Å². The first-order chi connectivity index (χ1) is 31.5. The summed E-state index contributed by atoms with van der Waals surface area (Å²) < 4.78 is 9.29. The number of hydrogen-bond acceptors (Lipinski definition) is 4. The molecule has 7 heteroatoms. The van der Waals surface area contributed by atoms with Gasteiger partial charge in [0.25, 0.3) is 0 Å². The molecule has 0 aliphatic rings. The van der Waals surface area contributed by atoms with Crippen LogP contribution in [-0.2, 0) is 20.1 Å². The first-order valence-corrected chi connectivity index (χ1v) is 26.2. The van der Waals surface area contributed by atoms with Crippen LogP contribution < -0.4 is 5.19 Å². The van der Waals surface area contributed by atoms with Gasteiger partial charge < -0.3 is 14.0 Å². The van der Waals surface area contributed by atoms with Crippen LogP contribution in [0.4, 0.5) is 0 Å². The molecule has 0 unspecified atom stereocenters. The molecular weight excluding hydrogens is 1000 g/mol. The minimum absolute atomic E-state index is 0. The van der Waals surface area contributed by atoms with Gasteiger partial charge in [0, 0.05) is 53.8 Å². The first-order valence-electron chi connectivity index (χ1n) is 22.7. The molecule has 0 saturated heterocycles. The number of hydrogen-bond donors (Lipinski definition) is 0. The molecule has 4 heterocycles. The number of para-hydroxylation sites is 2. The summed E-state index contributed by atoms with van der Waals surface area (Å²) >= 11 is 0. The second kappa shape index (κ2) is 18.1. The van der Waals surface area contributed by atoms with Crippen molar-refractivity contribution in [1.82, 2.24) is 19.5 Å². The fourth-order valence-electron chi connectivity index (χ4n) is 9.13. The van der Waals surface area contributed by atoms with Crippen molar-refractivity contribution in [3.8, 4) is 39.5 Å². The van der Waals surface area contributed by atoms with Gasteiger partial charge in [-0.05, 0) is 81.5 Å². The van der Waals surface area contributed by atoms with E-state index in [1.807, 2.05) is 36.5 Å². The summed E-state index contributed by atoms with van der Waals surface area (Å²) in [7, 11) is -1.23. The largest absolute Gasteiger partial charge is 0.498 e. The van der Waals surface area contributed by atoms with Crippen LogP contribution in [-0.4, -0.2) is 27.6 Å². The maximum atomic E-state index is 6.93. The predicted octanol–water partition coefficient (Wildman–Crippen LogP) is 15.4. The number of pyridine rings is 2. The summed E-state index contributed by atoms with van der Waals surface area (Å²) in [6, 6.07) is 59.8. The zero-order chi connectivity index (χ0) is 45.0. The van der Waals surface area contributed by atoms with Crippen LogP contribution in [0.2, 0.25) is 19.6 Å². The molecule has 0 atom stereocenters. The smallest absolute Gasteiger partial charge is 0.147 e. The average Bonchev–Trinajstić information content (AvgIpc) is 3.91. The molecule has 0 aliphatic carbocycles. The molecule has 329 valence electrons. The van der Waals surface area contributed by atoms with Gasteiger partial charge in [-0.2, -0.15) is 0 Å². The van der Waals surface area contributed by atoms with Crippen molar-refractivity contribution >= 4 is 67.9 Å². The Morgan fingerprint density at radius 2 is 1.26 bits per heavy atom. The van der Waals surface area contributed by atoms with Crippen molar-refractivity contribution in [2.75, 3.05) is 0 Å². The van der Waals surface area contributed by atoms with Crippen LogP contribution in [0.15, 0.2) is 162 Å². The van der Waals surface area contributed by atoms with E-state index >= 15 is 0 Å². The minimum atomic E-state index is -1.23. The number of rotatable bonds is 7. The number of fused-ring (bicyclic) bond motifs is 8. The fourth-order valence-corrected chi connectivity index (χ4v) is 10.2. The van der Waals surface area contributed by atoms with E-state index in [2.05, 4.69) is 197 Å². The van der Waals surface area contributed by atoms with Crippen molar-refractivity contribution in [1.29, 1.82) is 0 Å². The zero-order valence-electron chi connectivity index (χ0n) is 38.7. The van der Waals surface area contributed by atoms with E-state index in [1.165, 1.54) is 38.5 Å². The number of nitrogens with zero attached hydrogens (tertiary/aromatic N) is 4. The summed E-state index contributed by atoms with van der Waals surface area (Å²) in [5, 5.41) is 6.90. The Labute approximate surface area is 402 Å². The van der Waals surface area contributed by atoms with Gasteiger partial charge >= 0.3 is 0 Å². The van der Waals surface area contributed by atoms with E-state index in [-0.39, 0.29) is 31.9 Å². The minimum Gasteiger partial charge on any atom is -0.498 e. The molecular formula is C59H52IrN4OSi-2. The van der Waals surface area contributed by atoms with Crippen LogP contribution in [0.1, 0.15) is 56.4 Å². The second-order valence-electron chi connectivity index (χ2n) is 18.7. The number of benzene rings is 7. The van der Waals surface area contributed by atoms with Crippen molar-refractivity contribution in [2.45, 2.75) is 66.1 Å². The molecule has 0 fully saturated rings.